The van der Waals surface area contributed by atoms with Gasteiger partial charge in [-0.15, -0.1) is 0 Å². The molecule has 0 aromatic heterocycles. The summed E-state index contributed by atoms with van der Waals surface area (Å²) in [6, 6.07) is 4.50. The molecule has 20 heavy (non-hydrogen) atoms. The van der Waals surface area contributed by atoms with E-state index in [4.69, 9.17) is 11.6 Å². The molecule has 1 amide bonds. The maximum absolute atomic E-state index is 13.2. The van der Waals surface area contributed by atoms with Crippen molar-refractivity contribution in [2.45, 2.75) is 12.6 Å². The molecule has 0 aliphatic carbocycles. The molecule has 6 heteroatoms. The topological polar surface area (TPSA) is 35.6 Å². The van der Waals surface area contributed by atoms with E-state index in [9.17, 15) is 9.18 Å². The molecule has 4 nitrogen and oxygen atoms in total. The molecule has 0 bridgehead atoms. The third kappa shape index (κ3) is 3.48. The lowest BCUT2D eigenvalue weighted by Gasteiger charge is -2.36. The summed E-state index contributed by atoms with van der Waals surface area (Å²) >= 11 is 5.80. The Morgan fingerprint density at radius 3 is 2.95 bits per heavy atom. The highest BCUT2D eigenvalue weighted by Gasteiger charge is 2.29. The van der Waals surface area contributed by atoms with Crippen LogP contribution in [0, 0.1) is 5.82 Å². The summed E-state index contributed by atoms with van der Waals surface area (Å²) in [6.45, 7) is 2.84. The summed E-state index contributed by atoms with van der Waals surface area (Å²) in [5.41, 5.74) is 0.912. The standard InChI is InChI=1S/C14H19ClFN3O/c1-18(2)14(20)13-8-17-5-6-19(13)9-10-3-4-12(16)11(15)7-10/h3-4,7,13,17H,5-6,8-9H2,1-2H3. The van der Waals surface area contributed by atoms with E-state index >= 15 is 0 Å². The minimum atomic E-state index is -0.420. The van der Waals surface area contributed by atoms with E-state index in [-0.39, 0.29) is 17.0 Å². The number of nitrogens with one attached hydrogen (secondary N) is 1. The fraction of sp³-hybridized carbons (Fsp3) is 0.500. The van der Waals surface area contributed by atoms with Crippen molar-refractivity contribution in [2.24, 2.45) is 0 Å². The van der Waals surface area contributed by atoms with Gasteiger partial charge < -0.3 is 10.2 Å². The number of halogens is 2. The highest BCUT2D eigenvalue weighted by molar-refractivity contribution is 6.30. The quantitative estimate of drug-likeness (QED) is 0.915. The molecule has 1 unspecified atom stereocenters. The van der Waals surface area contributed by atoms with Gasteiger partial charge in [0.2, 0.25) is 5.91 Å². The summed E-state index contributed by atoms with van der Waals surface area (Å²) < 4.78 is 13.2. The average Bonchev–Trinajstić information content (AvgIpc) is 2.42. The Balaban J connectivity index is 2.12. The van der Waals surface area contributed by atoms with Gasteiger partial charge in [0.15, 0.2) is 0 Å². The highest BCUT2D eigenvalue weighted by Crippen LogP contribution is 2.18. The Hall–Kier alpha value is -1.17. The number of carbonyl (C=O) groups excluding carboxylic acids is 1. The van der Waals surface area contributed by atoms with E-state index in [1.807, 2.05) is 0 Å². The van der Waals surface area contributed by atoms with E-state index < -0.39 is 5.82 Å². The van der Waals surface area contributed by atoms with Gasteiger partial charge in [0.25, 0.3) is 0 Å². The molecule has 1 saturated heterocycles. The molecule has 1 N–H and O–H groups in total. The highest BCUT2D eigenvalue weighted by atomic mass is 35.5. The van der Waals surface area contributed by atoms with Gasteiger partial charge in [-0.2, -0.15) is 0 Å². The third-order valence-electron chi connectivity index (χ3n) is 3.45. The maximum atomic E-state index is 13.2. The van der Waals surface area contributed by atoms with Crippen molar-refractivity contribution in [1.29, 1.82) is 0 Å². The van der Waals surface area contributed by atoms with Crippen LogP contribution < -0.4 is 5.32 Å². The Bertz CT molecular complexity index is 495. The number of benzene rings is 1. The van der Waals surface area contributed by atoms with Crippen molar-refractivity contribution >= 4 is 17.5 Å². The lowest BCUT2D eigenvalue weighted by atomic mass is 10.1. The Kier molecular flexibility index (Phi) is 4.96. The number of rotatable bonds is 3. The van der Waals surface area contributed by atoms with E-state index in [1.54, 1.807) is 31.1 Å². The van der Waals surface area contributed by atoms with Crippen LogP contribution in [0.15, 0.2) is 18.2 Å². The molecular formula is C14H19ClFN3O. The van der Waals surface area contributed by atoms with Gasteiger partial charge in [-0.1, -0.05) is 17.7 Å². The van der Waals surface area contributed by atoms with Crippen molar-refractivity contribution in [1.82, 2.24) is 15.1 Å². The monoisotopic (exact) mass is 299 g/mol. The number of likely N-dealkylation sites (N-methyl/N-ethyl adjacent to an activating group) is 1. The van der Waals surface area contributed by atoms with Gasteiger partial charge in [0, 0.05) is 40.3 Å². The largest absolute Gasteiger partial charge is 0.347 e. The zero-order chi connectivity index (χ0) is 14.7. The first kappa shape index (κ1) is 15.2. The van der Waals surface area contributed by atoms with Crippen molar-refractivity contribution in [3.63, 3.8) is 0 Å². The van der Waals surface area contributed by atoms with Gasteiger partial charge in [-0.05, 0) is 17.7 Å². The molecule has 1 aliphatic rings. The number of piperazine rings is 1. The zero-order valence-electron chi connectivity index (χ0n) is 11.7. The third-order valence-corrected chi connectivity index (χ3v) is 3.74. The Labute approximate surface area is 123 Å². The van der Waals surface area contributed by atoms with Crippen LogP contribution in [-0.4, -0.2) is 55.5 Å². The van der Waals surface area contributed by atoms with E-state index in [1.165, 1.54) is 6.07 Å². The van der Waals surface area contributed by atoms with Crippen LogP contribution in [0.3, 0.4) is 0 Å². The summed E-state index contributed by atoms with van der Waals surface area (Å²) in [7, 11) is 3.51. The zero-order valence-corrected chi connectivity index (χ0v) is 12.5. The predicted molar refractivity (Wildman–Crippen MR) is 77.2 cm³/mol. The minimum absolute atomic E-state index is 0.0745. The first-order valence-electron chi connectivity index (χ1n) is 6.59. The second-order valence-corrected chi connectivity index (χ2v) is 5.58. The van der Waals surface area contributed by atoms with Crippen molar-refractivity contribution in [3.8, 4) is 0 Å². The summed E-state index contributed by atoms with van der Waals surface area (Å²) in [6.07, 6.45) is 0. The van der Waals surface area contributed by atoms with Gasteiger partial charge in [-0.25, -0.2) is 4.39 Å². The van der Waals surface area contributed by atoms with Crippen molar-refractivity contribution in [2.75, 3.05) is 33.7 Å². The Morgan fingerprint density at radius 1 is 1.55 bits per heavy atom. The van der Waals surface area contributed by atoms with Crippen LogP contribution in [-0.2, 0) is 11.3 Å². The molecule has 1 fully saturated rings. The minimum Gasteiger partial charge on any atom is -0.347 e. The number of carbonyl (C=O) groups is 1. The molecule has 2 rings (SSSR count). The first-order chi connectivity index (χ1) is 9.49. The fourth-order valence-electron chi connectivity index (χ4n) is 2.35. The predicted octanol–water partition coefficient (Wildman–Crippen LogP) is 1.34. The van der Waals surface area contributed by atoms with Crippen LogP contribution in [0.1, 0.15) is 5.56 Å². The Morgan fingerprint density at radius 2 is 2.30 bits per heavy atom. The van der Waals surface area contributed by atoms with Crippen molar-refractivity contribution in [3.05, 3.63) is 34.6 Å². The molecule has 0 saturated carbocycles. The fourth-order valence-corrected chi connectivity index (χ4v) is 2.55. The second-order valence-electron chi connectivity index (χ2n) is 5.17. The molecule has 1 atom stereocenters. The number of nitrogens with zero attached hydrogens (tertiary/aromatic N) is 2. The summed E-state index contributed by atoms with van der Waals surface area (Å²) in [5.74, 6) is -0.345. The van der Waals surface area contributed by atoms with E-state index in [2.05, 4.69) is 10.2 Å². The number of hydrogen-bond donors (Lipinski definition) is 1. The van der Waals surface area contributed by atoms with Gasteiger partial charge in [-0.3, -0.25) is 9.69 Å². The lowest BCUT2D eigenvalue weighted by molar-refractivity contribution is -0.135. The van der Waals surface area contributed by atoms with E-state index in [0.717, 1.165) is 18.7 Å². The second kappa shape index (κ2) is 6.52. The van der Waals surface area contributed by atoms with E-state index in [0.29, 0.717) is 13.1 Å². The lowest BCUT2D eigenvalue weighted by Crippen LogP contribution is -2.57. The average molecular weight is 300 g/mol. The van der Waals surface area contributed by atoms with Crippen LogP contribution in [0.2, 0.25) is 5.02 Å². The molecule has 1 aromatic carbocycles. The van der Waals surface area contributed by atoms with Gasteiger partial charge in [0.1, 0.15) is 11.9 Å². The molecule has 110 valence electrons. The normalized spacial score (nSPS) is 19.9. The van der Waals surface area contributed by atoms with Crippen LogP contribution in [0.5, 0.6) is 0 Å². The van der Waals surface area contributed by atoms with Gasteiger partial charge in [0.05, 0.1) is 5.02 Å². The van der Waals surface area contributed by atoms with Crippen LogP contribution in [0.25, 0.3) is 0 Å². The summed E-state index contributed by atoms with van der Waals surface area (Å²) in [4.78, 5) is 15.9. The maximum Gasteiger partial charge on any atom is 0.240 e. The van der Waals surface area contributed by atoms with Gasteiger partial charge >= 0.3 is 0 Å². The summed E-state index contributed by atoms with van der Waals surface area (Å²) in [5, 5.41) is 3.35. The molecule has 1 aliphatic heterocycles. The number of hydrogen-bond acceptors (Lipinski definition) is 3. The molecule has 1 aromatic rings. The molecule has 1 heterocycles. The number of amides is 1. The smallest absolute Gasteiger partial charge is 0.240 e. The van der Waals surface area contributed by atoms with Crippen LogP contribution >= 0.6 is 11.6 Å². The van der Waals surface area contributed by atoms with Crippen LogP contribution in [0.4, 0.5) is 4.39 Å². The molecule has 0 radical (unpaired) electrons. The molecular weight excluding hydrogens is 281 g/mol. The van der Waals surface area contributed by atoms with Crippen molar-refractivity contribution < 1.29 is 9.18 Å². The molecule has 0 spiro atoms. The first-order valence-corrected chi connectivity index (χ1v) is 6.96. The SMILES string of the molecule is CN(C)C(=O)C1CNCCN1Cc1ccc(F)c(Cl)c1.